The Morgan fingerprint density at radius 1 is 1.30 bits per heavy atom. The molecule has 4 nitrogen and oxygen atoms in total. The van der Waals surface area contributed by atoms with E-state index in [-0.39, 0.29) is 12.4 Å². The summed E-state index contributed by atoms with van der Waals surface area (Å²) in [5.74, 6) is 2.00. The molecule has 0 unspecified atom stereocenters. The van der Waals surface area contributed by atoms with Crippen LogP contribution in [0.3, 0.4) is 0 Å². The molecule has 1 saturated heterocycles. The maximum Gasteiger partial charge on any atom is 0.150 e. The SMILES string of the molecule is Cc1nnc([C@H]2CCCN2)n1Cc1ccc(Cl)cc1.Cl. The Morgan fingerprint density at radius 3 is 2.70 bits per heavy atom. The summed E-state index contributed by atoms with van der Waals surface area (Å²) >= 11 is 5.92. The van der Waals surface area contributed by atoms with E-state index < -0.39 is 0 Å². The van der Waals surface area contributed by atoms with E-state index in [9.17, 15) is 0 Å². The normalized spacial score (nSPS) is 18.0. The van der Waals surface area contributed by atoms with E-state index in [1.54, 1.807) is 0 Å². The second kappa shape index (κ2) is 6.57. The van der Waals surface area contributed by atoms with Crippen molar-refractivity contribution in [1.29, 1.82) is 0 Å². The molecule has 2 heterocycles. The third-order valence-electron chi connectivity index (χ3n) is 3.59. The molecule has 1 fully saturated rings. The summed E-state index contributed by atoms with van der Waals surface area (Å²) in [5.41, 5.74) is 1.21. The number of aryl methyl sites for hydroxylation is 1. The van der Waals surface area contributed by atoms with Crippen molar-refractivity contribution in [3.63, 3.8) is 0 Å². The molecule has 0 bridgehead atoms. The number of halogens is 2. The van der Waals surface area contributed by atoms with E-state index in [0.29, 0.717) is 6.04 Å². The Morgan fingerprint density at radius 2 is 2.05 bits per heavy atom. The Hall–Kier alpha value is -1.10. The van der Waals surface area contributed by atoms with Gasteiger partial charge in [0.25, 0.3) is 0 Å². The molecule has 6 heteroatoms. The molecule has 0 aliphatic carbocycles. The average Bonchev–Trinajstić information content (AvgIpc) is 3.03. The van der Waals surface area contributed by atoms with Gasteiger partial charge in [0.2, 0.25) is 0 Å². The highest BCUT2D eigenvalue weighted by atomic mass is 35.5. The van der Waals surface area contributed by atoms with Crippen LogP contribution in [-0.2, 0) is 6.54 Å². The molecular formula is C14H18Cl2N4. The summed E-state index contributed by atoms with van der Waals surface area (Å²) in [7, 11) is 0. The zero-order valence-electron chi connectivity index (χ0n) is 11.3. The van der Waals surface area contributed by atoms with E-state index in [4.69, 9.17) is 11.6 Å². The van der Waals surface area contributed by atoms with Crippen molar-refractivity contribution in [3.05, 3.63) is 46.5 Å². The van der Waals surface area contributed by atoms with Crippen LogP contribution >= 0.6 is 24.0 Å². The third-order valence-corrected chi connectivity index (χ3v) is 3.84. The summed E-state index contributed by atoms with van der Waals surface area (Å²) in [6.07, 6.45) is 2.34. The molecule has 108 valence electrons. The number of benzene rings is 1. The van der Waals surface area contributed by atoms with Crippen LogP contribution in [0.2, 0.25) is 5.02 Å². The van der Waals surface area contributed by atoms with Gasteiger partial charge in [-0.2, -0.15) is 0 Å². The second-order valence-electron chi connectivity index (χ2n) is 4.97. The van der Waals surface area contributed by atoms with Crippen LogP contribution in [0.5, 0.6) is 0 Å². The van der Waals surface area contributed by atoms with Gasteiger partial charge in [0.05, 0.1) is 12.6 Å². The molecule has 1 N–H and O–H groups in total. The van der Waals surface area contributed by atoms with Gasteiger partial charge in [-0.05, 0) is 44.0 Å². The van der Waals surface area contributed by atoms with Crippen molar-refractivity contribution < 1.29 is 0 Å². The molecule has 2 aromatic rings. The molecule has 3 rings (SSSR count). The van der Waals surface area contributed by atoms with Gasteiger partial charge in [0, 0.05) is 5.02 Å². The van der Waals surface area contributed by atoms with Crippen LogP contribution in [0.1, 0.15) is 36.1 Å². The van der Waals surface area contributed by atoms with Crippen LogP contribution < -0.4 is 5.32 Å². The van der Waals surface area contributed by atoms with Gasteiger partial charge in [-0.1, -0.05) is 23.7 Å². The highest BCUT2D eigenvalue weighted by molar-refractivity contribution is 6.30. The van der Waals surface area contributed by atoms with Gasteiger partial charge >= 0.3 is 0 Å². The van der Waals surface area contributed by atoms with Crippen molar-refractivity contribution in [3.8, 4) is 0 Å². The first kappa shape index (κ1) is 15.3. The van der Waals surface area contributed by atoms with E-state index >= 15 is 0 Å². The third kappa shape index (κ3) is 3.14. The zero-order chi connectivity index (χ0) is 13.2. The van der Waals surface area contributed by atoms with Gasteiger partial charge in [0.15, 0.2) is 5.82 Å². The Kier molecular flexibility index (Phi) is 5.02. The zero-order valence-corrected chi connectivity index (χ0v) is 12.9. The summed E-state index contributed by atoms with van der Waals surface area (Å²) < 4.78 is 2.19. The maximum absolute atomic E-state index is 5.92. The van der Waals surface area contributed by atoms with E-state index in [1.165, 1.54) is 12.0 Å². The standard InChI is InChI=1S/C14H17ClN4.ClH/c1-10-17-18-14(13-3-2-8-16-13)19(10)9-11-4-6-12(15)7-5-11;/h4-7,13,16H,2-3,8-9H2,1H3;1H/t13-;/m1./s1. The molecule has 1 aliphatic rings. The fourth-order valence-electron chi connectivity index (χ4n) is 2.53. The average molecular weight is 313 g/mol. The first-order chi connectivity index (χ1) is 9.24. The molecule has 20 heavy (non-hydrogen) atoms. The fraction of sp³-hybridized carbons (Fsp3) is 0.429. The van der Waals surface area contributed by atoms with Gasteiger partial charge in [-0.3, -0.25) is 0 Å². The predicted octanol–water partition coefficient (Wildman–Crippen LogP) is 3.13. The highest BCUT2D eigenvalue weighted by Crippen LogP contribution is 2.23. The highest BCUT2D eigenvalue weighted by Gasteiger charge is 2.22. The fourth-order valence-corrected chi connectivity index (χ4v) is 2.65. The first-order valence-electron chi connectivity index (χ1n) is 6.61. The molecule has 1 aromatic carbocycles. The minimum absolute atomic E-state index is 0. The molecule has 0 saturated carbocycles. The monoisotopic (exact) mass is 312 g/mol. The molecule has 0 spiro atoms. The van der Waals surface area contributed by atoms with E-state index in [0.717, 1.165) is 36.2 Å². The van der Waals surface area contributed by atoms with Gasteiger partial charge in [-0.25, -0.2) is 0 Å². The van der Waals surface area contributed by atoms with Crippen LogP contribution in [0.4, 0.5) is 0 Å². The van der Waals surface area contributed by atoms with Crippen molar-refractivity contribution in [1.82, 2.24) is 20.1 Å². The minimum Gasteiger partial charge on any atom is -0.309 e. The van der Waals surface area contributed by atoms with Crippen LogP contribution in [0.25, 0.3) is 0 Å². The molecule has 0 radical (unpaired) electrons. The number of hydrogen-bond acceptors (Lipinski definition) is 3. The molecule has 1 aliphatic heterocycles. The van der Waals surface area contributed by atoms with Crippen molar-refractivity contribution in [2.45, 2.75) is 32.4 Å². The lowest BCUT2D eigenvalue weighted by molar-refractivity contribution is 0.560. The van der Waals surface area contributed by atoms with E-state index in [1.807, 2.05) is 31.2 Å². The summed E-state index contributed by atoms with van der Waals surface area (Å²) in [4.78, 5) is 0. The lowest BCUT2D eigenvalue weighted by atomic mass is 10.2. The molecule has 1 atom stereocenters. The summed E-state index contributed by atoms with van der Waals surface area (Å²) in [6, 6.07) is 8.28. The van der Waals surface area contributed by atoms with Gasteiger partial charge in [0.1, 0.15) is 5.82 Å². The van der Waals surface area contributed by atoms with Crippen LogP contribution in [0, 0.1) is 6.92 Å². The predicted molar refractivity (Wildman–Crippen MR) is 82.5 cm³/mol. The minimum atomic E-state index is 0. The van der Waals surface area contributed by atoms with Crippen molar-refractivity contribution in [2.24, 2.45) is 0 Å². The Labute approximate surface area is 130 Å². The number of nitrogens with one attached hydrogen (secondary N) is 1. The number of rotatable bonds is 3. The van der Waals surface area contributed by atoms with E-state index in [2.05, 4.69) is 20.1 Å². The van der Waals surface area contributed by atoms with Crippen LogP contribution in [0.15, 0.2) is 24.3 Å². The molecular weight excluding hydrogens is 295 g/mol. The first-order valence-corrected chi connectivity index (χ1v) is 6.99. The summed E-state index contributed by atoms with van der Waals surface area (Å²) in [5, 5.41) is 12.8. The smallest absolute Gasteiger partial charge is 0.150 e. The van der Waals surface area contributed by atoms with Crippen molar-refractivity contribution in [2.75, 3.05) is 6.54 Å². The summed E-state index contributed by atoms with van der Waals surface area (Å²) in [6.45, 7) is 3.86. The Balaban J connectivity index is 0.00000147. The maximum atomic E-state index is 5.92. The Bertz CT molecular complexity index is 559. The lowest BCUT2D eigenvalue weighted by Gasteiger charge is -2.13. The van der Waals surface area contributed by atoms with Gasteiger partial charge < -0.3 is 9.88 Å². The topological polar surface area (TPSA) is 42.7 Å². The molecule has 0 amide bonds. The number of hydrogen-bond donors (Lipinski definition) is 1. The van der Waals surface area contributed by atoms with Crippen molar-refractivity contribution >= 4 is 24.0 Å². The lowest BCUT2D eigenvalue weighted by Crippen LogP contribution is -2.19. The van der Waals surface area contributed by atoms with Crippen LogP contribution in [-0.4, -0.2) is 21.3 Å². The number of aromatic nitrogens is 3. The molecule has 1 aromatic heterocycles. The second-order valence-corrected chi connectivity index (χ2v) is 5.40. The van der Waals surface area contributed by atoms with Gasteiger partial charge in [-0.15, -0.1) is 22.6 Å². The largest absolute Gasteiger partial charge is 0.309 e. The number of nitrogens with zero attached hydrogens (tertiary/aromatic N) is 3. The quantitative estimate of drug-likeness (QED) is 0.946.